The van der Waals surface area contributed by atoms with E-state index < -0.39 is 17.3 Å². The molecule has 1 unspecified atom stereocenters. The molecule has 184 valence electrons. The predicted molar refractivity (Wildman–Crippen MR) is 132 cm³/mol. The van der Waals surface area contributed by atoms with Gasteiger partial charge in [0.25, 0.3) is 5.56 Å². The van der Waals surface area contributed by atoms with E-state index in [9.17, 15) is 18.0 Å². The molecule has 3 heterocycles. The van der Waals surface area contributed by atoms with Crippen molar-refractivity contribution in [3.05, 3.63) is 87.3 Å². The summed E-state index contributed by atoms with van der Waals surface area (Å²) in [4.78, 5) is 13.6. The van der Waals surface area contributed by atoms with Gasteiger partial charge in [0.15, 0.2) is 0 Å². The normalized spacial score (nSPS) is 15.3. The first-order valence-electron chi connectivity index (χ1n) is 11.6. The lowest BCUT2D eigenvalue weighted by Gasteiger charge is -2.27. The minimum atomic E-state index is -4.70. The molecule has 1 N–H and O–H groups in total. The summed E-state index contributed by atoms with van der Waals surface area (Å²) in [5.41, 5.74) is 3.10. The summed E-state index contributed by atoms with van der Waals surface area (Å²) < 4.78 is 43.3. The zero-order chi connectivity index (χ0) is 25.6. The molecule has 2 aromatic carbocycles. The molecule has 0 fully saturated rings. The Morgan fingerprint density at radius 3 is 2.44 bits per heavy atom. The fourth-order valence-corrected chi connectivity index (χ4v) is 4.70. The van der Waals surface area contributed by atoms with Crippen molar-refractivity contribution in [2.45, 2.75) is 45.8 Å². The molecule has 6 nitrogen and oxygen atoms in total. The molecule has 0 saturated carbocycles. The number of anilines is 1. The van der Waals surface area contributed by atoms with Crippen LogP contribution in [0.5, 0.6) is 0 Å². The molecule has 1 aliphatic heterocycles. The van der Waals surface area contributed by atoms with Gasteiger partial charge in [-0.1, -0.05) is 23.3 Å². The lowest BCUT2D eigenvalue weighted by Crippen LogP contribution is -2.34. The minimum absolute atomic E-state index is 0.00107. The molecule has 0 amide bonds. The number of nitrogens with one attached hydrogen (secondary N) is 1. The van der Waals surface area contributed by atoms with Crippen molar-refractivity contribution in [1.29, 1.82) is 0 Å². The van der Waals surface area contributed by atoms with Crippen molar-refractivity contribution < 1.29 is 13.2 Å². The number of hydrogen-bond acceptors (Lipinski definition) is 5. The Morgan fingerprint density at radius 2 is 1.78 bits per heavy atom. The molecule has 36 heavy (non-hydrogen) atoms. The summed E-state index contributed by atoms with van der Waals surface area (Å²) in [6.07, 6.45) is -1.84. The summed E-state index contributed by atoms with van der Waals surface area (Å²) in [6.45, 7) is 5.84. The molecule has 4 aromatic rings. The van der Waals surface area contributed by atoms with E-state index in [0.29, 0.717) is 23.4 Å². The molecule has 9 heteroatoms. The van der Waals surface area contributed by atoms with E-state index in [-0.39, 0.29) is 17.4 Å². The molecule has 0 bridgehead atoms. The maximum Gasteiger partial charge on any atom is 0.418 e. The monoisotopic (exact) mass is 491 g/mol. The molecule has 1 atom stereocenters. The van der Waals surface area contributed by atoms with E-state index in [0.717, 1.165) is 39.4 Å². The number of aryl methyl sites for hydroxylation is 2. The molecule has 5 rings (SSSR count). The SMILES string of the molecule is Cc1cc(C)cc(-c2nn(-c3cc(-c4cccnn4)ccc3C(F)(F)F)c(=O)c3c2CCC(C)N3)c1. The van der Waals surface area contributed by atoms with Gasteiger partial charge in [-0.15, -0.1) is 0 Å². The third-order valence-electron chi connectivity index (χ3n) is 6.31. The smallest absolute Gasteiger partial charge is 0.378 e. The Kier molecular flexibility index (Phi) is 5.86. The van der Waals surface area contributed by atoms with Crippen LogP contribution in [-0.4, -0.2) is 26.0 Å². The van der Waals surface area contributed by atoms with Crippen LogP contribution in [0.25, 0.3) is 28.2 Å². The number of rotatable bonds is 3. The number of nitrogens with zero attached hydrogens (tertiary/aromatic N) is 4. The second-order valence-corrected chi connectivity index (χ2v) is 9.22. The third kappa shape index (κ3) is 4.36. The van der Waals surface area contributed by atoms with Crippen LogP contribution in [0.3, 0.4) is 0 Å². The van der Waals surface area contributed by atoms with Crippen molar-refractivity contribution >= 4 is 5.69 Å². The number of alkyl halides is 3. The molecule has 0 spiro atoms. The van der Waals surface area contributed by atoms with Gasteiger partial charge >= 0.3 is 6.18 Å². The van der Waals surface area contributed by atoms with Crippen LogP contribution in [0, 0.1) is 13.8 Å². The molecule has 1 aliphatic rings. The fourth-order valence-electron chi connectivity index (χ4n) is 4.70. The van der Waals surface area contributed by atoms with E-state index in [1.54, 1.807) is 12.1 Å². The van der Waals surface area contributed by atoms with E-state index in [2.05, 4.69) is 20.6 Å². The number of aromatic nitrogens is 4. The van der Waals surface area contributed by atoms with Gasteiger partial charge in [0.05, 0.1) is 22.6 Å². The summed E-state index contributed by atoms with van der Waals surface area (Å²) in [6, 6.07) is 12.8. The Morgan fingerprint density at radius 1 is 1.03 bits per heavy atom. The van der Waals surface area contributed by atoms with Gasteiger partial charge in [-0.05, 0) is 70.0 Å². The molecule has 0 aliphatic carbocycles. The van der Waals surface area contributed by atoms with Gasteiger partial charge in [-0.2, -0.15) is 33.1 Å². The Hall–Kier alpha value is -4.01. The highest BCUT2D eigenvalue weighted by Gasteiger charge is 2.36. The van der Waals surface area contributed by atoms with Crippen LogP contribution >= 0.6 is 0 Å². The fraction of sp³-hybridized carbons (Fsp3) is 0.259. The summed E-state index contributed by atoms with van der Waals surface area (Å²) in [5, 5.41) is 15.6. The van der Waals surface area contributed by atoms with Crippen LogP contribution < -0.4 is 10.9 Å². The number of halogens is 3. The Labute approximate surface area is 205 Å². The van der Waals surface area contributed by atoms with Gasteiger partial charge in [-0.3, -0.25) is 4.79 Å². The number of fused-ring (bicyclic) bond motifs is 1. The van der Waals surface area contributed by atoms with Crippen LogP contribution in [0.2, 0.25) is 0 Å². The van der Waals surface area contributed by atoms with E-state index in [1.807, 2.05) is 39.0 Å². The zero-order valence-electron chi connectivity index (χ0n) is 20.0. The first-order chi connectivity index (χ1) is 17.1. The van der Waals surface area contributed by atoms with Crippen molar-refractivity contribution in [2.24, 2.45) is 0 Å². The predicted octanol–water partition coefficient (Wildman–Crippen LogP) is 5.74. The Bertz CT molecular complexity index is 1490. The van der Waals surface area contributed by atoms with Crippen LogP contribution in [0.1, 0.15) is 35.6 Å². The van der Waals surface area contributed by atoms with E-state index in [1.165, 1.54) is 18.3 Å². The highest BCUT2D eigenvalue weighted by Crippen LogP contribution is 2.37. The van der Waals surface area contributed by atoms with Gasteiger partial charge in [0.1, 0.15) is 5.69 Å². The van der Waals surface area contributed by atoms with Gasteiger partial charge in [0.2, 0.25) is 0 Å². The zero-order valence-corrected chi connectivity index (χ0v) is 20.0. The van der Waals surface area contributed by atoms with Crippen LogP contribution in [-0.2, 0) is 12.6 Å². The third-order valence-corrected chi connectivity index (χ3v) is 6.31. The van der Waals surface area contributed by atoms with Crippen LogP contribution in [0.4, 0.5) is 18.9 Å². The molecular formula is C27H24F3N5O. The van der Waals surface area contributed by atoms with E-state index in [4.69, 9.17) is 0 Å². The molecule has 0 saturated heterocycles. The summed E-state index contributed by atoms with van der Waals surface area (Å²) in [7, 11) is 0. The van der Waals surface area contributed by atoms with Crippen molar-refractivity contribution in [3.8, 4) is 28.2 Å². The second-order valence-electron chi connectivity index (χ2n) is 9.22. The number of benzene rings is 2. The summed E-state index contributed by atoms with van der Waals surface area (Å²) in [5.74, 6) is 0. The summed E-state index contributed by atoms with van der Waals surface area (Å²) >= 11 is 0. The lowest BCUT2D eigenvalue weighted by atomic mass is 9.94. The molecule has 2 aromatic heterocycles. The van der Waals surface area contributed by atoms with Gasteiger partial charge in [-0.25, -0.2) is 0 Å². The molecule has 0 radical (unpaired) electrons. The average Bonchev–Trinajstić information content (AvgIpc) is 2.83. The number of hydrogen-bond donors (Lipinski definition) is 1. The van der Waals surface area contributed by atoms with Gasteiger partial charge < -0.3 is 5.32 Å². The van der Waals surface area contributed by atoms with Gasteiger partial charge in [0, 0.05) is 28.9 Å². The van der Waals surface area contributed by atoms with Crippen LogP contribution in [0.15, 0.2) is 59.5 Å². The highest BCUT2D eigenvalue weighted by atomic mass is 19.4. The first-order valence-corrected chi connectivity index (χ1v) is 11.6. The largest absolute Gasteiger partial charge is 0.418 e. The first kappa shape index (κ1) is 23.7. The van der Waals surface area contributed by atoms with Crippen molar-refractivity contribution in [3.63, 3.8) is 0 Å². The average molecular weight is 492 g/mol. The van der Waals surface area contributed by atoms with E-state index >= 15 is 0 Å². The second kappa shape index (κ2) is 8.89. The highest BCUT2D eigenvalue weighted by molar-refractivity contribution is 5.73. The quantitative estimate of drug-likeness (QED) is 0.396. The minimum Gasteiger partial charge on any atom is -0.378 e. The maximum atomic E-state index is 14.1. The standard InChI is InChI=1S/C27H24F3N5O/c1-15-11-16(2)13-19(12-15)24-20-8-6-17(3)32-25(20)26(36)35(34-24)23-14-18(22-5-4-10-31-33-22)7-9-21(23)27(28,29)30/h4-5,7,9-14,17,32H,6,8H2,1-3H3. The van der Waals surface area contributed by atoms with Crippen molar-refractivity contribution in [2.75, 3.05) is 5.32 Å². The Balaban J connectivity index is 1.83. The molecular weight excluding hydrogens is 467 g/mol. The lowest BCUT2D eigenvalue weighted by molar-refractivity contribution is -0.137. The maximum absolute atomic E-state index is 14.1. The topological polar surface area (TPSA) is 72.7 Å². The van der Waals surface area contributed by atoms with Crippen molar-refractivity contribution in [1.82, 2.24) is 20.0 Å².